The summed E-state index contributed by atoms with van der Waals surface area (Å²) in [5.41, 5.74) is 0.891. The first-order valence-electron chi connectivity index (χ1n) is 5.69. The predicted molar refractivity (Wildman–Crippen MR) is 64.9 cm³/mol. The Bertz CT molecular complexity index is 351. The van der Waals surface area contributed by atoms with Crippen molar-refractivity contribution in [3.05, 3.63) is 35.9 Å². The van der Waals surface area contributed by atoms with Crippen LogP contribution in [0.25, 0.3) is 0 Å². The summed E-state index contributed by atoms with van der Waals surface area (Å²) in [6, 6.07) is 12.1. The van der Waals surface area contributed by atoms with E-state index in [-0.39, 0.29) is 11.7 Å². The summed E-state index contributed by atoms with van der Waals surface area (Å²) in [5.74, 6) is 0. The lowest BCUT2D eigenvalue weighted by atomic mass is 10.0. The number of nitrogens with zero attached hydrogens (tertiary/aromatic N) is 1. The van der Waals surface area contributed by atoms with Gasteiger partial charge in [-0.2, -0.15) is 5.26 Å². The van der Waals surface area contributed by atoms with Gasteiger partial charge in [0, 0.05) is 0 Å². The molecule has 1 atom stereocenters. The van der Waals surface area contributed by atoms with Gasteiger partial charge in [-0.1, -0.05) is 37.3 Å². The van der Waals surface area contributed by atoms with Gasteiger partial charge in [-0.05, 0) is 25.8 Å². The molecule has 1 rings (SSSR count). The summed E-state index contributed by atoms with van der Waals surface area (Å²) >= 11 is 0. The molecular weight excluding hydrogens is 198 g/mol. The van der Waals surface area contributed by atoms with E-state index >= 15 is 0 Å². The van der Waals surface area contributed by atoms with Crippen LogP contribution in [0.2, 0.25) is 0 Å². The average Bonchev–Trinajstić information content (AvgIpc) is 2.29. The SMILES string of the molecule is CCC(C)(C)OC(CC#N)c1ccccc1. The minimum Gasteiger partial charge on any atom is -0.367 e. The van der Waals surface area contributed by atoms with Gasteiger partial charge in [0.1, 0.15) is 0 Å². The van der Waals surface area contributed by atoms with Crippen LogP contribution in [0.3, 0.4) is 0 Å². The zero-order chi connectivity index (χ0) is 12.0. The Morgan fingerprint density at radius 3 is 2.44 bits per heavy atom. The van der Waals surface area contributed by atoms with Crippen molar-refractivity contribution in [2.24, 2.45) is 0 Å². The molecule has 0 fully saturated rings. The second-order valence-electron chi connectivity index (χ2n) is 4.49. The first-order valence-corrected chi connectivity index (χ1v) is 5.69. The summed E-state index contributed by atoms with van der Waals surface area (Å²) in [6.07, 6.45) is 1.20. The van der Waals surface area contributed by atoms with E-state index < -0.39 is 0 Å². The van der Waals surface area contributed by atoms with Crippen LogP contribution in [0, 0.1) is 11.3 Å². The topological polar surface area (TPSA) is 33.0 Å². The first-order chi connectivity index (χ1) is 7.59. The lowest BCUT2D eigenvalue weighted by Gasteiger charge is -2.29. The number of nitriles is 1. The molecular formula is C14H19NO. The molecule has 0 heterocycles. The monoisotopic (exact) mass is 217 g/mol. The second-order valence-corrected chi connectivity index (χ2v) is 4.49. The van der Waals surface area contributed by atoms with Crippen molar-refractivity contribution < 1.29 is 4.74 Å². The third-order valence-corrected chi connectivity index (χ3v) is 2.76. The Morgan fingerprint density at radius 2 is 1.94 bits per heavy atom. The third-order valence-electron chi connectivity index (χ3n) is 2.76. The summed E-state index contributed by atoms with van der Waals surface area (Å²) in [4.78, 5) is 0. The lowest BCUT2D eigenvalue weighted by molar-refractivity contribution is -0.0734. The average molecular weight is 217 g/mol. The maximum absolute atomic E-state index is 8.84. The highest BCUT2D eigenvalue weighted by molar-refractivity contribution is 5.18. The normalized spacial score (nSPS) is 13.1. The molecule has 2 nitrogen and oxygen atoms in total. The van der Waals surface area contributed by atoms with E-state index in [4.69, 9.17) is 10.00 Å². The standard InChI is InChI=1S/C14H19NO/c1-4-14(2,3)16-13(10-11-15)12-8-6-5-7-9-12/h5-9,13H,4,10H2,1-3H3. The van der Waals surface area contributed by atoms with Crippen molar-refractivity contribution in [2.45, 2.75) is 45.3 Å². The highest BCUT2D eigenvalue weighted by atomic mass is 16.5. The van der Waals surface area contributed by atoms with Gasteiger partial charge in [-0.15, -0.1) is 0 Å². The second kappa shape index (κ2) is 5.67. The van der Waals surface area contributed by atoms with Gasteiger partial charge < -0.3 is 4.74 Å². The molecule has 86 valence electrons. The molecule has 0 aliphatic rings. The largest absolute Gasteiger partial charge is 0.367 e. The maximum Gasteiger partial charge on any atom is 0.0962 e. The van der Waals surface area contributed by atoms with Crippen LogP contribution in [0.1, 0.15) is 45.3 Å². The van der Waals surface area contributed by atoms with Crippen molar-refractivity contribution in [3.63, 3.8) is 0 Å². The predicted octanol–water partition coefficient (Wildman–Crippen LogP) is 3.85. The number of ether oxygens (including phenoxy) is 1. The van der Waals surface area contributed by atoms with Crippen LogP contribution in [0.5, 0.6) is 0 Å². The molecule has 0 radical (unpaired) electrons. The fourth-order valence-corrected chi connectivity index (χ4v) is 1.45. The van der Waals surface area contributed by atoms with Crippen molar-refractivity contribution in [1.29, 1.82) is 5.26 Å². The van der Waals surface area contributed by atoms with Gasteiger partial charge in [-0.25, -0.2) is 0 Å². The molecule has 0 spiro atoms. The Hall–Kier alpha value is -1.33. The van der Waals surface area contributed by atoms with Crippen LogP contribution < -0.4 is 0 Å². The van der Waals surface area contributed by atoms with E-state index in [0.717, 1.165) is 12.0 Å². The van der Waals surface area contributed by atoms with Crippen LogP contribution in [0.4, 0.5) is 0 Å². The molecule has 1 aromatic rings. The lowest BCUT2D eigenvalue weighted by Crippen LogP contribution is -2.25. The number of hydrogen-bond donors (Lipinski definition) is 0. The molecule has 0 bridgehead atoms. The Balaban J connectivity index is 2.81. The summed E-state index contributed by atoms with van der Waals surface area (Å²) in [6.45, 7) is 6.20. The molecule has 0 N–H and O–H groups in total. The highest BCUT2D eigenvalue weighted by Gasteiger charge is 2.22. The fraction of sp³-hybridized carbons (Fsp3) is 0.500. The molecule has 1 unspecified atom stereocenters. The van der Waals surface area contributed by atoms with E-state index in [1.165, 1.54) is 0 Å². The van der Waals surface area contributed by atoms with Crippen molar-refractivity contribution >= 4 is 0 Å². The van der Waals surface area contributed by atoms with Gasteiger partial charge in [0.2, 0.25) is 0 Å². The number of hydrogen-bond acceptors (Lipinski definition) is 2. The minimum absolute atomic E-state index is 0.124. The Morgan fingerprint density at radius 1 is 1.31 bits per heavy atom. The Kier molecular flexibility index (Phi) is 4.52. The molecule has 0 saturated carbocycles. The number of benzene rings is 1. The summed E-state index contributed by atoms with van der Waals surface area (Å²) in [5, 5.41) is 8.84. The zero-order valence-corrected chi connectivity index (χ0v) is 10.2. The molecule has 0 aliphatic carbocycles. The van der Waals surface area contributed by atoms with E-state index in [1.54, 1.807) is 0 Å². The maximum atomic E-state index is 8.84. The molecule has 0 amide bonds. The Labute approximate surface area is 97.9 Å². The molecule has 16 heavy (non-hydrogen) atoms. The minimum atomic E-state index is -0.183. The third kappa shape index (κ3) is 3.67. The van der Waals surface area contributed by atoms with E-state index in [9.17, 15) is 0 Å². The summed E-state index contributed by atoms with van der Waals surface area (Å²) < 4.78 is 5.99. The van der Waals surface area contributed by atoms with Gasteiger partial charge in [0.15, 0.2) is 0 Å². The summed E-state index contributed by atoms with van der Waals surface area (Å²) in [7, 11) is 0. The quantitative estimate of drug-likeness (QED) is 0.750. The smallest absolute Gasteiger partial charge is 0.0962 e. The van der Waals surface area contributed by atoms with Gasteiger partial charge in [-0.3, -0.25) is 0 Å². The van der Waals surface area contributed by atoms with Gasteiger partial charge >= 0.3 is 0 Å². The zero-order valence-electron chi connectivity index (χ0n) is 10.2. The molecule has 0 aromatic heterocycles. The van der Waals surface area contributed by atoms with E-state index in [2.05, 4.69) is 26.8 Å². The number of rotatable bonds is 5. The van der Waals surface area contributed by atoms with Crippen LogP contribution in [-0.2, 0) is 4.74 Å². The molecule has 2 heteroatoms. The van der Waals surface area contributed by atoms with Crippen LogP contribution in [0.15, 0.2) is 30.3 Å². The molecule has 0 aliphatic heterocycles. The highest BCUT2D eigenvalue weighted by Crippen LogP contribution is 2.28. The molecule has 1 aromatic carbocycles. The first kappa shape index (κ1) is 12.7. The van der Waals surface area contributed by atoms with Gasteiger partial charge in [0.25, 0.3) is 0 Å². The van der Waals surface area contributed by atoms with Crippen molar-refractivity contribution in [3.8, 4) is 6.07 Å². The van der Waals surface area contributed by atoms with Crippen LogP contribution in [-0.4, -0.2) is 5.60 Å². The van der Waals surface area contributed by atoms with Crippen molar-refractivity contribution in [1.82, 2.24) is 0 Å². The van der Waals surface area contributed by atoms with E-state index in [1.807, 2.05) is 30.3 Å². The van der Waals surface area contributed by atoms with Gasteiger partial charge in [0.05, 0.1) is 24.2 Å². The van der Waals surface area contributed by atoms with Crippen molar-refractivity contribution in [2.75, 3.05) is 0 Å². The van der Waals surface area contributed by atoms with Crippen LogP contribution >= 0.6 is 0 Å². The van der Waals surface area contributed by atoms with E-state index in [0.29, 0.717) is 6.42 Å². The fourth-order valence-electron chi connectivity index (χ4n) is 1.45. The molecule has 0 saturated heterocycles.